The summed E-state index contributed by atoms with van der Waals surface area (Å²) in [5.41, 5.74) is 5.44. The van der Waals surface area contributed by atoms with Gasteiger partial charge in [-0.25, -0.2) is 0 Å². The Balaban J connectivity index is 3.24. The summed E-state index contributed by atoms with van der Waals surface area (Å²) in [6.07, 6.45) is 1.74. The van der Waals surface area contributed by atoms with Crippen molar-refractivity contribution in [3.05, 3.63) is 21.8 Å². The SMILES string of the molecule is COn1c(CN)ncc[c]1=[W]. The molecule has 0 aliphatic heterocycles. The Morgan fingerprint density at radius 1 is 1.82 bits per heavy atom. The van der Waals surface area contributed by atoms with Gasteiger partial charge in [0.25, 0.3) is 0 Å². The first kappa shape index (κ1) is 8.62. The van der Waals surface area contributed by atoms with Gasteiger partial charge in [-0.15, -0.1) is 0 Å². The van der Waals surface area contributed by atoms with Crippen molar-refractivity contribution in [1.82, 2.24) is 9.71 Å². The van der Waals surface area contributed by atoms with Crippen LogP contribution >= 0.6 is 0 Å². The number of hydrogen-bond donors (Lipinski definition) is 1. The van der Waals surface area contributed by atoms with Gasteiger partial charge in [-0.2, -0.15) is 0 Å². The van der Waals surface area contributed by atoms with Gasteiger partial charge in [0.05, 0.1) is 0 Å². The molecule has 0 saturated carbocycles. The van der Waals surface area contributed by atoms with E-state index in [1.807, 2.05) is 6.07 Å². The van der Waals surface area contributed by atoms with Gasteiger partial charge in [-0.1, -0.05) is 0 Å². The van der Waals surface area contributed by atoms with E-state index in [2.05, 4.69) is 4.98 Å². The molecule has 0 aliphatic carbocycles. The van der Waals surface area contributed by atoms with Crippen LogP contribution in [0.2, 0.25) is 0 Å². The molecule has 2 N–H and O–H groups in total. The number of aromatic nitrogens is 2. The van der Waals surface area contributed by atoms with Crippen LogP contribution in [0.25, 0.3) is 0 Å². The maximum atomic E-state index is 5.44. The summed E-state index contributed by atoms with van der Waals surface area (Å²) in [5.74, 6) is 0.750. The molecule has 0 spiro atoms. The molecule has 60 valence electrons. The quantitative estimate of drug-likeness (QED) is 0.797. The van der Waals surface area contributed by atoms with E-state index in [1.165, 1.54) is 19.4 Å². The fourth-order valence-corrected chi connectivity index (χ4v) is 1.63. The summed E-state index contributed by atoms with van der Waals surface area (Å²) in [7, 11) is 1.60. The van der Waals surface area contributed by atoms with Gasteiger partial charge in [-0.05, 0) is 0 Å². The zero-order valence-electron chi connectivity index (χ0n) is 6.15. The van der Waals surface area contributed by atoms with Crippen LogP contribution in [0, 0.1) is 3.67 Å². The van der Waals surface area contributed by atoms with E-state index >= 15 is 0 Å². The van der Waals surface area contributed by atoms with Crippen molar-refractivity contribution in [2.75, 3.05) is 7.11 Å². The van der Waals surface area contributed by atoms with Crippen LogP contribution in [0.4, 0.5) is 0 Å². The fraction of sp³-hybridized carbons (Fsp3) is 0.333. The van der Waals surface area contributed by atoms with Gasteiger partial charge in [0.15, 0.2) is 0 Å². The summed E-state index contributed by atoms with van der Waals surface area (Å²) in [5, 5.41) is 0. The van der Waals surface area contributed by atoms with Crippen LogP contribution in [0.15, 0.2) is 12.3 Å². The van der Waals surface area contributed by atoms with Crippen LogP contribution in [0.5, 0.6) is 0 Å². The number of nitrogens with two attached hydrogens (primary N) is 1. The standard InChI is InChI=1S/C6H9N3O.W/c1-10-9-4-2-3-8-6(9)5-7;/h2-3H,5,7H2,1H3;. The van der Waals surface area contributed by atoms with Gasteiger partial charge in [-0.3, -0.25) is 0 Å². The van der Waals surface area contributed by atoms with Gasteiger partial charge in [0.1, 0.15) is 0 Å². The summed E-state index contributed by atoms with van der Waals surface area (Å²) in [4.78, 5) is 9.12. The summed E-state index contributed by atoms with van der Waals surface area (Å²) >= 11 is 1.33. The van der Waals surface area contributed by atoms with Crippen molar-refractivity contribution >= 4 is 0 Å². The van der Waals surface area contributed by atoms with Gasteiger partial charge >= 0.3 is 75.1 Å². The van der Waals surface area contributed by atoms with Gasteiger partial charge in [0, 0.05) is 0 Å². The van der Waals surface area contributed by atoms with Crippen molar-refractivity contribution in [2.24, 2.45) is 5.73 Å². The summed E-state index contributed by atoms with van der Waals surface area (Å²) in [6, 6.07) is 1.90. The Bertz CT molecular complexity index is 296. The van der Waals surface area contributed by atoms with Crippen molar-refractivity contribution in [3.8, 4) is 0 Å². The van der Waals surface area contributed by atoms with Crippen molar-refractivity contribution in [3.63, 3.8) is 0 Å². The summed E-state index contributed by atoms with van der Waals surface area (Å²) < 4.78 is 2.72. The Labute approximate surface area is 75.4 Å². The second-order valence-electron chi connectivity index (χ2n) is 1.88. The van der Waals surface area contributed by atoms with E-state index in [1.54, 1.807) is 18.0 Å². The summed E-state index contributed by atoms with van der Waals surface area (Å²) in [6.45, 7) is 0.398. The maximum absolute atomic E-state index is 5.44. The zero-order chi connectivity index (χ0) is 8.27. The first-order valence-corrected chi connectivity index (χ1v) is 4.57. The molecule has 0 unspecified atom stereocenters. The molecule has 1 heterocycles. The van der Waals surface area contributed by atoms with Crippen LogP contribution in [-0.2, 0) is 25.9 Å². The van der Waals surface area contributed by atoms with Gasteiger partial charge in [0.2, 0.25) is 0 Å². The van der Waals surface area contributed by atoms with E-state index in [0.717, 1.165) is 9.50 Å². The molecule has 4 nitrogen and oxygen atoms in total. The number of hydrogen-bond acceptors (Lipinski definition) is 3. The van der Waals surface area contributed by atoms with E-state index in [-0.39, 0.29) is 0 Å². The van der Waals surface area contributed by atoms with E-state index < -0.39 is 0 Å². The minimum absolute atomic E-state index is 0.398. The minimum atomic E-state index is 0.398. The van der Waals surface area contributed by atoms with Crippen molar-refractivity contribution in [1.29, 1.82) is 0 Å². The molecule has 1 aromatic heterocycles. The monoisotopic (exact) mass is 323 g/mol. The molecule has 1 aromatic rings. The predicted octanol–water partition coefficient (Wildman–Crippen LogP) is -0.521. The zero-order valence-corrected chi connectivity index (χ0v) is 9.08. The Morgan fingerprint density at radius 3 is 3.00 bits per heavy atom. The van der Waals surface area contributed by atoms with E-state index in [4.69, 9.17) is 10.6 Å². The van der Waals surface area contributed by atoms with Gasteiger partial charge < -0.3 is 0 Å². The van der Waals surface area contributed by atoms with Crippen molar-refractivity contribution < 1.29 is 24.2 Å². The average molecular weight is 323 g/mol. The topological polar surface area (TPSA) is 53.1 Å². The second-order valence-corrected chi connectivity index (χ2v) is 3.38. The fourth-order valence-electron chi connectivity index (χ4n) is 0.765. The Hall–Kier alpha value is -0.472. The number of nitrogens with zero attached hydrogens (tertiary/aromatic N) is 2. The molecule has 0 aliphatic rings. The molecule has 0 aromatic carbocycles. The predicted molar refractivity (Wildman–Crippen MR) is 35.9 cm³/mol. The third kappa shape index (κ3) is 1.76. The third-order valence-corrected chi connectivity index (χ3v) is 2.33. The molecule has 0 fully saturated rings. The molecule has 0 saturated heterocycles. The second kappa shape index (κ2) is 3.79. The molecular weight excluding hydrogens is 314 g/mol. The molecule has 1 rings (SSSR count). The van der Waals surface area contributed by atoms with Crippen molar-refractivity contribution in [2.45, 2.75) is 6.54 Å². The third-order valence-electron chi connectivity index (χ3n) is 1.24. The average Bonchev–Trinajstić information content (AvgIpc) is 2.04. The molecule has 11 heavy (non-hydrogen) atoms. The Morgan fingerprint density at radius 2 is 2.55 bits per heavy atom. The first-order chi connectivity index (χ1) is 5.29. The molecule has 0 amide bonds. The molecule has 0 atom stereocenters. The Kier molecular flexibility index (Phi) is 2.97. The van der Waals surface area contributed by atoms with Crippen LogP contribution < -0.4 is 10.6 Å². The van der Waals surface area contributed by atoms with Crippen LogP contribution in [0.1, 0.15) is 5.82 Å². The number of rotatable bonds is 2. The van der Waals surface area contributed by atoms with E-state index in [0.29, 0.717) is 6.54 Å². The molecule has 0 radical (unpaired) electrons. The normalized spacial score (nSPS) is 9.64. The molecule has 0 bridgehead atoms. The first-order valence-electron chi connectivity index (χ1n) is 3.11. The van der Waals surface area contributed by atoms with Crippen LogP contribution in [0.3, 0.4) is 0 Å². The molecule has 5 heteroatoms. The molecular formula is C6H9N3OW. The van der Waals surface area contributed by atoms with E-state index in [9.17, 15) is 0 Å². The van der Waals surface area contributed by atoms with Crippen LogP contribution in [-0.4, -0.2) is 16.8 Å².